The summed E-state index contributed by atoms with van der Waals surface area (Å²) in [5.74, 6) is -6.50. The molecule has 13 heteroatoms. The molecule has 1 N–H and O–H groups in total. The second-order valence-corrected chi connectivity index (χ2v) is 7.97. The van der Waals surface area contributed by atoms with Gasteiger partial charge in [-0.2, -0.15) is 0 Å². The van der Waals surface area contributed by atoms with E-state index in [1.165, 1.54) is 6.07 Å². The van der Waals surface area contributed by atoms with Crippen LogP contribution >= 0.6 is 0 Å². The summed E-state index contributed by atoms with van der Waals surface area (Å²) < 4.78 is 46.3. The van der Waals surface area contributed by atoms with Crippen LogP contribution in [0.25, 0.3) is 6.08 Å². The molecule has 1 aliphatic rings. The van der Waals surface area contributed by atoms with Gasteiger partial charge in [-0.05, 0) is 24.6 Å². The summed E-state index contributed by atoms with van der Waals surface area (Å²) in [7, 11) is 0. The lowest BCUT2D eigenvalue weighted by Gasteiger charge is -2.43. The Kier molecular flexibility index (Phi) is 10.1. The van der Waals surface area contributed by atoms with Crippen LogP contribution in [0.5, 0.6) is 0 Å². The molecule has 37 heavy (non-hydrogen) atoms. The summed E-state index contributed by atoms with van der Waals surface area (Å²) in [6.07, 6.45) is -6.88. The van der Waals surface area contributed by atoms with Gasteiger partial charge in [0.15, 0.2) is 12.2 Å². The number of aliphatic carboxylic acids is 1. The molecular weight excluding hydrogens is 499 g/mol. The zero-order valence-electron chi connectivity index (χ0n) is 20.7. The number of hydrogen-bond acceptors (Lipinski definition) is 11. The van der Waals surface area contributed by atoms with E-state index in [0.29, 0.717) is 5.56 Å². The van der Waals surface area contributed by atoms with Crippen molar-refractivity contribution < 1.29 is 61.9 Å². The number of halogens is 1. The minimum absolute atomic E-state index is 0.0921. The first kappa shape index (κ1) is 29.2. The molecule has 0 spiro atoms. The molecule has 1 saturated heterocycles. The van der Waals surface area contributed by atoms with E-state index in [4.69, 9.17) is 28.4 Å². The van der Waals surface area contributed by atoms with Crippen molar-refractivity contribution in [1.29, 1.82) is 0 Å². The van der Waals surface area contributed by atoms with Crippen LogP contribution in [-0.4, -0.2) is 72.3 Å². The van der Waals surface area contributed by atoms with Gasteiger partial charge in [0.1, 0.15) is 18.5 Å². The van der Waals surface area contributed by atoms with E-state index in [9.17, 15) is 33.5 Å². The van der Waals surface area contributed by atoms with Gasteiger partial charge in [0, 0.05) is 33.3 Å². The first-order valence-electron chi connectivity index (χ1n) is 11.0. The topological polar surface area (TPSA) is 161 Å². The molecule has 0 saturated carbocycles. The highest BCUT2D eigenvalue weighted by molar-refractivity contribution is 5.90. The number of carbonyl (C=O) groups is 5. The first-order valence-corrected chi connectivity index (χ1v) is 11.0. The Bertz CT molecular complexity index is 1060. The SMILES string of the molecule is CC(=O)OC[C@@H]1O[C@H](O/C(=C\c2c(C)cccc2F)C(=O)O)[C@@H](OC(C)=O)[C@H](OC(C)=O)[C@@H]1OC(C)=O. The summed E-state index contributed by atoms with van der Waals surface area (Å²) in [6, 6.07) is 4.10. The van der Waals surface area contributed by atoms with Crippen LogP contribution in [0.2, 0.25) is 0 Å². The van der Waals surface area contributed by atoms with Gasteiger partial charge in [-0.15, -0.1) is 0 Å². The molecule has 0 radical (unpaired) electrons. The third-order valence-corrected chi connectivity index (χ3v) is 4.95. The van der Waals surface area contributed by atoms with Gasteiger partial charge in [-0.3, -0.25) is 19.2 Å². The fourth-order valence-corrected chi connectivity index (χ4v) is 3.51. The van der Waals surface area contributed by atoms with Crippen molar-refractivity contribution >= 4 is 35.9 Å². The fourth-order valence-electron chi connectivity index (χ4n) is 3.51. The lowest BCUT2D eigenvalue weighted by molar-refractivity contribution is -0.299. The van der Waals surface area contributed by atoms with Crippen LogP contribution in [-0.2, 0) is 52.4 Å². The highest BCUT2D eigenvalue weighted by atomic mass is 19.1. The van der Waals surface area contributed by atoms with Crippen LogP contribution in [0.1, 0.15) is 38.8 Å². The lowest BCUT2D eigenvalue weighted by atomic mass is 9.98. The Hall–Kier alpha value is -4.00. The van der Waals surface area contributed by atoms with E-state index in [2.05, 4.69) is 0 Å². The molecule has 1 fully saturated rings. The molecule has 12 nitrogen and oxygen atoms in total. The number of carbonyl (C=O) groups excluding carboxylic acids is 4. The molecule has 1 aromatic rings. The number of benzene rings is 1. The number of rotatable bonds is 9. The summed E-state index contributed by atoms with van der Waals surface area (Å²) in [5.41, 5.74) is 0.300. The van der Waals surface area contributed by atoms with Crippen molar-refractivity contribution in [3.05, 3.63) is 40.9 Å². The van der Waals surface area contributed by atoms with E-state index in [0.717, 1.165) is 39.8 Å². The second kappa shape index (κ2) is 12.8. The van der Waals surface area contributed by atoms with Crippen molar-refractivity contribution in [1.82, 2.24) is 0 Å². The Balaban J connectivity index is 2.58. The third kappa shape index (κ3) is 8.27. The smallest absolute Gasteiger partial charge is 0.371 e. The number of aryl methyl sites for hydroxylation is 1. The summed E-state index contributed by atoms with van der Waals surface area (Å²) in [6.45, 7) is 5.22. The molecular formula is C24H27FO12. The van der Waals surface area contributed by atoms with Crippen molar-refractivity contribution in [2.24, 2.45) is 0 Å². The molecule has 0 amide bonds. The van der Waals surface area contributed by atoms with Gasteiger partial charge in [-0.1, -0.05) is 12.1 Å². The van der Waals surface area contributed by atoms with Crippen LogP contribution in [0.15, 0.2) is 24.0 Å². The minimum atomic E-state index is -1.78. The van der Waals surface area contributed by atoms with Gasteiger partial charge in [0.2, 0.25) is 18.2 Å². The Morgan fingerprint density at radius 2 is 1.46 bits per heavy atom. The van der Waals surface area contributed by atoms with Gasteiger partial charge in [-0.25, -0.2) is 9.18 Å². The predicted molar refractivity (Wildman–Crippen MR) is 120 cm³/mol. The fraction of sp³-hybridized carbons (Fsp3) is 0.458. The monoisotopic (exact) mass is 526 g/mol. The number of esters is 4. The molecule has 0 unspecified atom stereocenters. The molecule has 0 aliphatic carbocycles. The third-order valence-electron chi connectivity index (χ3n) is 4.95. The van der Waals surface area contributed by atoms with Crippen LogP contribution in [0.3, 0.4) is 0 Å². The quantitative estimate of drug-likeness (QED) is 0.215. The summed E-state index contributed by atoms with van der Waals surface area (Å²) in [5, 5.41) is 9.74. The van der Waals surface area contributed by atoms with E-state index in [-0.39, 0.29) is 5.56 Å². The average Bonchev–Trinajstić information content (AvgIpc) is 2.76. The minimum Gasteiger partial charge on any atom is -0.475 e. The molecule has 2 rings (SSSR count). The molecule has 0 bridgehead atoms. The Morgan fingerprint density at radius 1 is 0.892 bits per heavy atom. The van der Waals surface area contributed by atoms with Crippen molar-refractivity contribution in [2.45, 2.75) is 65.3 Å². The van der Waals surface area contributed by atoms with E-state index in [1.54, 1.807) is 13.0 Å². The normalized spacial score (nSPS) is 23.4. The predicted octanol–water partition coefficient (Wildman–Crippen LogP) is 1.66. The number of hydrogen-bond donors (Lipinski definition) is 1. The Morgan fingerprint density at radius 3 is 1.97 bits per heavy atom. The average molecular weight is 526 g/mol. The van der Waals surface area contributed by atoms with E-state index >= 15 is 0 Å². The maximum atomic E-state index is 14.4. The van der Waals surface area contributed by atoms with Crippen molar-refractivity contribution in [3.63, 3.8) is 0 Å². The largest absolute Gasteiger partial charge is 0.475 e. The molecule has 1 aliphatic heterocycles. The lowest BCUT2D eigenvalue weighted by Crippen LogP contribution is -2.63. The molecule has 1 heterocycles. The molecule has 202 valence electrons. The van der Waals surface area contributed by atoms with Crippen LogP contribution < -0.4 is 0 Å². The number of carboxylic acid groups (broad SMARTS) is 1. The zero-order chi connectivity index (χ0) is 27.9. The van der Waals surface area contributed by atoms with Gasteiger partial charge in [0.25, 0.3) is 0 Å². The zero-order valence-corrected chi connectivity index (χ0v) is 20.7. The summed E-state index contributed by atoms with van der Waals surface area (Å²) in [4.78, 5) is 58.9. The maximum absolute atomic E-state index is 14.4. The number of carboxylic acids is 1. The molecule has 1 aromatic carbocycles. The molecule has 0 aromatic heterocycles. The highest BCUT2D eigenvalue weighted by Gasteiger charge is 2.53. The standard InChI is InChI=1S/C24H27FO12/c1-11-7-6-8-17(25)16(11)9-18(23(30)31)36-24-22(35-15(5)29)21(34-14(4)28)20(33-13(3)27)19(37-24)10-32-12(2)26/h6-9,19-22,24H,10H2,1-5H3,(H,30,31)/b18-9-/t19-,20+,21+,22-,24-/m0/s1. The highest BCUT2D eigenvalue weighted by Crippen LogP contribution is 2.31. The second-order valence-electron chi connectivity index (χ2n) is 7.97. The first-order chi connectivity index (χ1) is 17.3. The van der Waals surface area contributed by atoms with Crippen LogP contribution in [0, 0.1) is 12.7 Å². The van der Waals surface area contributed by atoms with Gasteiger partial charge >= 0.3 is 29.8 Å². The van der Waals surface area contributed by atoms with E-state index in [1.807, 2.05) is 0 Å². The van der Waals surface area contributed by atoms with Gasteiger partial charge < -0.3 is 33.5 Å². The summed E-state index contributed by atoms with van der Waals surface area (Å²) >= 11 is 0. The number of ether oxygens (including phenoxy) is 6. The van der Waals surface area contributed by atoms with Crippen molar-refractivity contribution in [3.8, 4) is 0 Å². The molecule has 5 atom stereocenters. The van der Waals surface area contributed by atoms with Crippen molar-refractivity contribution in [2.75, 3.05) is 6.61 Å². The van der Waals surface area contributed by atoms with Crippen LogP contribution in [0.4, 0.5) is 4.39 Å². The Labute approximate surface area is 211 Å². The van der Waals surface area contributed by atoms with Gasteiger partial charge in [0.05, 0.1) is 0 Å². The maximum Gasteiger partial charge on any atom is 0.371 e. The van der Waals surface area contributed by atoms with E-state index < -0.39 is 78.7 Å².